The molecule has 4 rings (SSSR count). The van der Waals surface area contributed by atoms with Crippen LogP contribution in [-0.4, -0.2) is 73.8 Å². The Hall–Kier alpha value is -2.11. The van der Waals surface area contributed by atoms with Crippen LogP contribution in [0.4, 0.5) is 0 Å². The van der Waals surface area contributed by atoms with Crippen LogP contribution >= 0.6 is 11.8 Å². The molecule has 2 fully saturated rings. The normalized spacial score (nSPS) is 25.9. The molecule has 3 aliphatic heterocycles. The van der Waals surface area contributed by atoms with Crippen molar-refractivity contribution in [3.05, 3.63) is 47.0 Å². The van der Waals surface area contributed by atoms with Gasteiger partial charge in [0.2, 0.25) is 5.91 Å². The summed E-state index contributed by atoms with van der Waals surface area (Å²) in [5.74, 6) is 0.728. The summed E-state index contributed by atoms with van der Waals surface area (Å²) >= 11 is 1.57. The fourth-order valence-corrected chi connectivity index (χ4v) is 4.85. The highest BCUT2D eigenvalue weighted by Gasteiger charge is 2.39. The quantitative estimate of drug-likeness (QED) is 0.295. The zero-order chi connectivity index (χ0) is 20.8. The van der Waals surface area contributed by atoms with E-state index < -0.39 is 0 Å². The van der Waals surface area contributed by atoms with Crippen LogP contribution in [0.15, 0.2) is 41.4 Å². The zero-order valence-corrected chi connectivity index (χ0v) is 17.6. The molecular weight excluding hydrogens is 402 g/mol. The molecule has 0 aliphatic carbocycles. The number of thioether (sulfide) groups is 1. The lowest BCUT2D eigenvalue weighted by Gasteiger charge is -2.42. The van der Waals surface area contributed by atoms with Crippen LogP contribution in [0.2, 0.25) is 0 Å². The highest BCUT2D eigenvalue weighted by atomic mass is 32.2. The average Bonchev–Trinajstić information content (AvgIpc) is 3.26. The zero-order valence-electron chi connectivity index (χ0n) is 16.8. The van der Waals surface area contributed by atoms with Crippen LogP contribution < -0.4 is 31.9 Å². The summed E-state index contributed by atoms with van der Waals surface area (Å²) in [5, 5.41) is 19.5. The van der Waals surface area contributed by atoms with Crippen LogP contribution in [0, 0.1) is 0 Å². The highest BCUT2D eigenvalue weighted by molar-refractivity contribution is 8.04. The van der Waals surface area contributed by atoms with Gasteiger partial charge in [-0.25, -0.2) is 0 Å². The van der Waals surface area contributed by atoms with Crippen molar-refractivity contribution in [1.29, 1.82) is 0 Å². The summed E-state index contributed by atoms with van der Waals surface area (Å²) < 4.78 is 0. The van der Waals surface area contributed by atoms with E-state index >= 15 is 0 Å². The molecule has 3 heterocycles. The Morgan fingerprint density at radius 1 is 1.03 bits per heavy atom. The van der Waals surface area contributed by atoms with Crippen LogP contribution in [-0.2, 0) is 16.0 Å². The van der Waals surface area contributed by atoms with Crippen LogP contribution in [0.25, 0.3) is 0 Å². The Bertz CT molecular complexity index is 776. The van der Waals surface area contributed by atoms with Gasteiger partial charge in [-0.3, -0.25) is 30.9 Å². The summed E-state index contributed by atoms with van der Waals surface area (Å²) in [6.07, 6.45) is 2.67. The van der Waals surface area contributed by atoms with Crippen molar-refractivity contribution in [3.63, 3.8) is 0 Å². The topological polar surface area (TPSA) is 110 Å². The lowest BCUT2D eigenvalue weighted by atomic mass is 10.1. The third-order valence-electron chi connectivity index (χ3n) is 5.40. The molecule has 30 heavy (non-hydrogen) atoms. The first kappa shape index (κ1) is 21.1. The second-order valence-corrected chi connectivity index (χ2v) is 8.60. The lowest BCUT2D eigenvalue weighted by molar-refractivity contribution is -0.121. The molecule has 0 bridgehead atoms. The number of amides is 2. The van der Waals surface area contributed by atoms with Gasteiger partial charge >= 0.3 is 0 Å². The third kappa shape index (κ3) is 5.32. The maximum atomic E-state index is 12.6. The van der Waals surface area contributed by atoms with Gasteiger partial charge in [-0.15, -0.1) is 11.8 Å². The Morgan fingerprint density at radius 3 is 2.63 bits per heavy atom. The fourth-order valence-electron chi connectivity index (χ4n) is 3.91. The van der Waals surface area contributed by atoms with E-state index in [1.54, 1.807) is 11.8 Å². The van der Waals surface area contributed by atoms with Gasteiger partial charge in [-0.2, -0.15) is 0 Å². The van der Waals surface area contributed by atoms with Crippen molar-refractivity contribution in [2.24, 2.45) is 0 Å². The van der Waals surface area contributed by atoms with Crippen LogP contribution in [0.5, 0.6) is 0 Å². The molecule has 3 atom stereocenters. The van der Waals surface area contributed by atoms with Crippen LogP contribution in [0.1, 0.15) is 5.56 Å². The molecule has 9 nitrogen and oxygen atoms in total. The van der Waals surface area contributed by atoms with E-state index in [0.29, 0.717) is 24.4 Å². The molecule has 3 unspecified atom stereocenters. The van der Waals surface area contributed by atoms with E-state index in [4.69, 9.17) is 0 Å². The number of carbonyl (C=O) groups excluding carboxylic acids is 2. The first-order chi connectivity index (χ1) is 14.7. The van der Waals surface area contributed by atoms with Gasteiger partial charge in [0.25, 0.3) is 5.91 Å². The summed E-state index contributed by atoms with van der Waals surface area (Å²) in [5.41, 5.74) is 0.976. The number of hydrogen-bond donors (Lipinski definition) is 6. The van der Waals surface area contributed by atoms with E-state index in [1.807, 2.05) is 36.5 Å². The van der Waals surface area contributed by atoms with Crippen molar-refractivity contribution in [2.75, 3.05) is 38.7 Å². The largest absolute Gasteiger partial charge is 0.358 e. The predicted molar refractivity (Wildman–Crippen MR) is 117 cm³/mol. The first-order valence-corrected chi connectivity index (χ1v) is 11.3. The Balaban J connectivity index is 1.22. The second-order valence-electron chi connectivity index (χ2n) is 7.47. The highest BCUT2D eigenvalue weighted by Crippen LogP contribution is 2.24. The smallest absolute Gasteiger partial charge is 0.259 e. The summed E-state index contributed by atoms with van der Waals surface area (Å²) in [6, 6.07) is 9.85. The van der Waals surface area contributed by atoms with E-state index in [-0.39, 0.29) is 30.2 Å². The van der Waals surface area contributed by atoms with E-state index in [9.17, 15) is 9.59 Å². The van der Waals surface area contributed by atoms with Gasteiger partial charge < -0.3 is 15.5 Å². The fraction of sp³-hybridized carbons (Fsp3) is 0.500. The van der Waals surface area contributed by atoms with Gasteiger partial charge in [-0.1, -0.05) is 30.3 Å². The number of rotatable bonds is 7. The molecule has 2 saturated heterocycles. The third-order valence-corrected chi connectivity index (χ3v) is 6.39. The summed E-state index contributed by atoms with van der Waals surface area (Å²) in [6.45, 7) is 3.20. The SMILES string of the molecule is O=C(Cc1ccccc1)NCCNC(=O)C1=CN(C2NCNC3NCNC32)CCS1. The van der Waals surface area contributed by atoms with E-state index in [1.165, 1.54) is 0 Å². The van der Waals surface area contributed by atoms with Crippen molar-refractivity contribution in [2.45, 2.75) is 24.8 Å². The second kappa shape index (κ2) is 10.3. The van der Waals surface area contributed by atoms with Gasteiger partial charge in [0, 0.05) is 44.9 Å². The maximum absolute atomic E-state index is 12.6. The molecule has 6 N–H and O–H groups in total. The molecular formula is C20H29N7O2S. The molecule has 0 radical (unpaired) electrons. The van der Waals surface area contributed by atoms with Crippen LogP contribution in [0.3, 0.4) is 0 Å². The predicted octanol–water partition coefficient (Wildman–Crippen LogP) is -1.33. The molecule has 0 aromatic heterocycles. The van der Waals surface area contributed by atoms with Gasteiger partial charge in [0.1, 0.15) is 0 Å². The summed E-state index contributed by atoms with van der Waals surface area (Å²) in [4.78, 5) is 27.5. The molecule has 2 amide bonds. The van der Waals surface area contributed by atoms with E-state index in [0.717, 1.165) is 31.2 Å². The minimum absolute atomic E-state index is 0.0444. The van der Waals surface area contributed by atoms with Crippen molar-refractivity contribution >= 4 is 23.6 Å². The number of fused-ring (bicyclic) bond motifs is 1. The summed E-state index contributed by atoms with van der Waals surface area (Å²) in [7, 11) is 0. The lowest BCUT2D eigenvalue weighted by Crippen LogP contribution is -2.68. The molecule has 10 heteroatoms. The number of nitrogens with zero attached hydrogens (tertiary/aromatic N) is 1. The molecule has 1 aromatic carbocycles. The van der Waals surface area contributed by atoms with Gasteiger partial charge in [0.15, 0.2) is 0 Å². The van der Waals surface area contributed by atoms with E-state index in [2.05, 4.69) is 36.8 Å². The van der Waals surface area contributed by atoms with Crippen molar-refractivity contribution < 1.29 is 9.59 Å². The number of benzene rings is 1. The number of carbonyl (C=O) groups is 2. The maximum Gasteiger partial charge on any atom is 0.259 e. The molecule has 0 spiro atoms. The Labute approximate surface area is 180 Å². The van der Waals surface area contributed by atoms with Crippen molar-refractivity contribution in [3.8, 4) is 0 Å². The first-order valence-electron chi connectivity index (χ1n) is 10.3. The minimum Gasteiger partial charge on any atom is -0.358 e. The Kier molecular flexibility index (Phi) is 7.24. The molecule has 3 aliphatic rings. The minimum atomic E-state index is -0.0926. The molecule has 0 saturated carbocycles. The Morgan fingerprint density at radius 2 is 1.80 bits per heavy atom. The molecule has 1 aromatic rings. The molecule has 162 valence electrons. The number of hydrogen-bond acceptors (Lipinski definition) is 8. The standard InChI is InChI=1S/C20H29N7O2S/c28-16(10-14-4-2-1-3-5-14)21-6-7-22-20(29)15-11-27(8-9-30-15)19-17-18(24-12-23-17)25-13-26-19/h1-5,11,17-19,23-26H,6-10,12-13H2,(H,21,28)(H,22,29). The van der Waals surface area contributed by atoms with Gasteiger partial charge in [-0.05, 0) is 5.56 Å². The average molecular weight is 432 g/mol. The van der Waals surface area contributed by atoms with Crippen molar-refractivity contribution in [1.82, 2.24) is 36.8 Å². The number of nitrogens with one attached hydrogen (secondary N) is 6. The monoisotopic (exact) mass is 431 g/mol. The van der Waals surface area contributed by atoms with Gasteiger partial charge in [0.05, 0.1) is 29.7 Å².